The Morgan fingerprint density at radius 2 is 0.944 bits per heavy atom. The van der Waals surface area contributed by atoms with Gasteiger partial charge >= 0.3 is 0 Å². The molecule has 4 aromatic heterocycles. The Bertz CT molecular complexity index is 3200. The fourth-order valence-corrected chi connectivity index (χ4v) is 8.76. The SMILES string of the molecule is c1ccc(-c2nc(-c3ccc(-c4cccc5c4oc4ccccc45)cc3)nc(-c3ccc(-c4nc5ccccc5c5c4sc4ccccc45)cc3)n2)cc1. The van der Waals surface area contributed by atoms with Gasteiger partial charge in [0, 0.05) is 59.4 Å². The molecule has 0 bridgehead atoms. The van der Waals surface area contributed by atoms with E-state index in [-0.39, 0.29) is 0 Å². The third-order valence-electron chi connectivity index (χ3n) is 10.2. The fourth-order valence-electron chi connectivity index (χ4n) is 7.53. The predicted molar refractivity (Wildman–Crippen MR) is 222 cm³/mol. The van der Waals surface area contributed by atoms with Gasteiger partial charge in [-0.2, -0.15) is 0 Å². The first-order valence-corrected chi connectivity index (χ1v) is 18.7. The van der Waals surface area contributed by atoms with Crippen molar-refractivity contribution < 1.29 is 4.42 Å². The number of pyridine rings is 1. The largest absolute Gasteiger partial charge is 0.455 e. The van der Waals surface area contributed by atoms with E-state index >= 15 is 0 Å². The van der Waals surface area contributed by atoms with Crippen LogP contribution in [0.5, 0.6) is 0 Å². The fraction of sp³-hybridized carbons (Fsp3) is 0. The Labute approximate surface area is 313 Å². The van der Waals surface area contributed by atoms with Crippen molar-refractivity contribution in [3.05, 3.63) is 170 Å². The quantitative estimate of drug-likeness (QED) is 0.178. The van der Waals surface area contributed by atoms with E-state index in [9.17, 15) is 0 Å². The first-order valence-electron chi connectivity index (χ1n) is 17.9. The highest BCUT2D eigenvalue weighted by Crippen LogP contribution is 2.43. The summed E-state index contributed by atoms with van der Waals surface area (Å²) in [6.45, 7) is 0. The number of aromatic nitrogens is 4. The summed E-state index contributed by atoms with van der Waals surface area (Å²) in [5.74, 6) is 1.85. The molecule has 0 amide bonds. The summed E-state index contributed by atoms with van der Waals surface area (Å²) < 4.78 is 8.79. The van der Waals surface area contributed by atoms with Crippen LogP contribution in [0, 0.1) is 0 Å². The summed E-state index contributed by atoms with van der Waals surface area (Å²) in [7, 11) is 0. The van der Waals surface area contributed by atoms with E-state index in [1.165, 1.54) is 25.6 Å². The summed E-state index contributed by atoms with van der Waals surface area (Å²) in [6.07, 6.45) is 0. The van der Waals surface area contributed by atoms with Crippen molar-refractivity contribution in [3.8, 4) is 56.5 Å². The standard InChI is InChI=1S/C48H28N4OS/c1-2-11-31(12-3-1)46-50-47(32-25-21-29(22-26-32)34-16-10-17-36-35-13-5-8-19-40(35)53-44(34)36)52-48(51-46)33-27-23-30(24-28-33)43-45-42(37-14-4-7-18-39(37)49-43)38-15-6-9-20-41(38)54-45/h1-28H. The molecule has 0 aliphatic rings. The maximum atomic E-state index is 6.34. The number of hydrogen-bond donors (Lipinski definition) is 0. The predicted octanol–water partition coefficient (Wildman–Crippen LogP) is 13.0. The molecule has 252 valence electrons. The summed E-state index contributed by atoms with van der Waals surface area (Å²) in [5.41, 5.74) is 9.64. The number of benzene rings is 7. The van der Waals surface area contributed by atoms with Gasteiger partial charge in [0.15, 0.2) is 17.5 Å². The van der Waals surface area contributed by atoms with Crippen molar-refractivity contribution in [2.24, 2.45) is 0 Å². The minimum atomic E-state index is 0.611. The second-order valence-electron chi connectivity index (χ2n) is 13.4. The van der Waals surface area contributed by atoms with Crippen molar-refractivity contribution in [2.75, 3.05) is 0 Å². The molecule has 4 heterocycles. The topological polar surface area (TPSA) is 64.7 Å². The summed E-state index contributed by atoms with van der Waals surface area (Å²) >= 11 is 1.80. The molecule has 0 saturated heterocycles. The average molecular weight is 709 g/mol. The molecule has 0 N–H and O–H groups in total. The zero-order chi connectivity index (χ0) is 35.6. The molecule has 0 saturated carbocycles. The van der Waals surface area contributed by atoms with E-state index in [2.05, 4.69) is 121 Å². The van der Waals surface area contributed by atoms with Crippen LogP contribution in [0.3, 0.4) is 0 Å². The molecular weight excluding hydrogens is 681 g/mol. The maximum Gasteiger partial charge on any atom is 0.164 e. The molecule has 11 aromatic rings. The molecule has 54 heavy (non-hydrogen) atoms. The first-order chi connectivity index (χ1) is 26.7. The lowest BCUT2D eigenvalue weighted by Gasteiger charge is -2.10. The summed E-state index contributed by atoms with van der Waals surface area (Å²) in [4.78, 5) is 20.2. The summed E-state index contributed by atoms with van der Waals surface area (Å²) in [6, 6.07) is 58.5. The zero-order valence-corrected chi connectivity index (χ0v) is 29.6. The number of nitrogens with zero attached hydrogens (tertiary/aromatic N) is 4. The van der Waals surface area contributed by atoms with Crippen molar-refractivity contribution >= 4 is 64.4 Å². The highest BCUT2D eigenvalue weighted by atomic mass is 32.1. The van der Waals surface area contributed by atoms with E-state index in [4.69, 9.17) is 24.4 Å². The number of rotatable bonds is 5. The van der Waals surface area contributed by atoms with Crippen LogP contribution >= 0.6 is 11.3 Å². The van der Waals surface area contributed by atoms with Crippen LogP contribution in [0.4, 0.5) is 0 Å². The van der Waals surface area contributed by atoms with E-state index in [1.807, 2.05) is 48.5 Å². The van der Waals surface area contributed by atoms with Crippen molar-refractivity contribution in [2.45, 2.75) is 0 Å². The lowest BCUT2D eigenvalue weighted by atomic mass is 10.0. The Morgan fingerprint density at radius 3 is 1.69 bits per heavy atom. The second kappa shape index (κ2) is 12.3. The van der Waals surface area contributed by atoms with E-state index < -0.39 is 0 Å². The normalized spacial score (nSPS) is 11.7. The molecule has 0 aliphatic heterocycles. The van der Waals surface area contributed by atoms with E-state index in [1.54, 1.807) is 11.3 Å². The lowest BCUT2D eigenvalue weighted by Crippen LogP contribution is -2.00. The van der Waals surface area contributed by atoms with Gasteiger partial charge in [0.2, 0.25) is 0 Å². The van der Waals surface area contributed by atoms with Gasteiger partial charge < -0.3 is 4.42 Å². The van der Waals surface area contributed by atoms with Gasteiger partial charge in [-0.1, -0.05) is 152 Å². The molecule has 6 heteroatoms. The molecule has 11 rings (SSSR count). The summed E-state index contributed by atoms with van der Waals surface area (Å²) in [5, 5.41) is 5.93. The number of fused-ring (bicyclic) bond motifs is 8. The van der Waals surface area contributed by atoms with Gasteiger partial charge in [-0.3, -0.25) is 0 Å². The molecule has 0 fully saturated rings. The Kier molecular flexibility index (Phi) is 6.97. The molecule has 5 nitrogen and oxygen atoms in total. The van der Waals surface area contributed by atoms with Crippen molar-refractivity contribution in [1.82, 2.24) is 19.9 Å². The molecular formula is C48H28N4OS. The molecule has 0 atom stereocenters. The number of furan rings is 1. The highest BCUT2D eigenvalue weighted by molar-refractivity contribution is 7.26. The van der Waals surface area contributed by atoms with Crippen molar-refractivity contribution in [3.63, 3.8) is 0 Å². The highest BCUT2D eigenvalue weighted by Gasteiger charge is 2.18. The van der Waals surface area contributed by atoms with Crippen LogP contribution < -0.4 is 0 Å². The van der Waals surface area contributed by atoms with Gasteiger partial charge in [-0.15, -0.1) is 11.3 Å². The number of para-hydroxylation sites is 3. The van der Waals surface area contributed by atoms with Crippen LogP contribution in [0.1, 0.15) is 0 Å². The molecule has 0 unspecified atom stereocenters. The molecule has 0 radical (unpaired) electrons. The minimum absolute atomic E-state index is 0.611. The first kappa shape index (κ1) is 30.6. The molecule has 0 spiro atoms. The van der Waals surface area contributed by atoms with Crippen LogP contribution in [0.25, 0.3) is 110 Å². The lowest BCUT2D eigenvalue weighted by molar-refractivity contribution is 0.670. The second-order valence-corrected chi connectivity index (χ2v) is 14.4. The van der Waals surface area contributed by atoms with Crippen LogP contribution in [0.15, 0.2) is 174 Å². The Morgan fingerprint density at radius 1 is 0.389 bits per heavy atom. The third-order valence-corrected chi connectivity index (χ3v) is 11.3. The third kappa shape index (κ3) is 4.99. The monoisotopic (exact) mass is 708 g/mol. The van der Waals surface area contributed by atoms with Crippen molar-refractivity contribution in [1.29, 1.82) is 0 Å². The average Bonchev–Trinajstić information content (AvgIpc) is 3.83. The van der Waals surface area contributed by atoms with E-state index in [0.717, 1.165) is 66.5 Å². The maximum absolute atomic E-state index is 6.34. The van der Waals surface area contributed by atoms with Crippen LogP contribution in [-0.4, -0.2) is 19.9 Å². The van der Waals surface area contributed by atoms with Gasteiger partial charge in [0.1, 0.15) is 11.2 Å². The zero-order valence-electron chi connectivity index (χ0n) is 28.8. The van der Waals surface area contributed by atoms with E-state index in [0.29, 0.717) is 17.5 Å². The van der Waals surface area contributed by atoms with Crippen LogP contribution in [-0.2, 0) is 0 Å². The van der Waals surface area contributed by atoms with Crippen LogP contribution in [0.2, 0.25) is 0 Å². The van der Waals surface area contributed by atoms with Gasteiger partial charge in [0.05, 0.1) is 15.9 Å². The molecule has 7 aromatic carbocycles. The Balaban J connectivity index is 1.00. The smallest absolute Gasteiger partial charge is 0.164 e. The molecule has 0 aliphatic carbocycles. The Hall–Kier alpha value is -7.02. The number of hydrogen-bond acceptors (Lipinski definition) is 6. The number of thiophene rings is 1. The van der Waals surface area contributed by atoms with Gasteiger partial charge in [0.25, 0.3) is 0 Å². The van der Waals surface area contributed by atoms with Gasteiger partial charge in [-0.05, 0) is 23.8 Å². The van der Waals surface area contributed by atoms with Gasteiger partial charge in [-0.25, -0.2) is 19.9 Å². The minimum Gasteiger partial charge on any atom is -0.455 e.